The minimum absolute atomic E-state index is 0.753. The van der Waals surface area contributed by atoms with Crippen molar-refractivity contribution in [2.45, 2.75) is 13.5 Å². The van der Waals surface area contributed by atoms with Crippen LogP contribution in [-0.2, 0) is 6.54 Å². The number of nitrogens with one attached hydrogen (secondary N) is 1. The first-order valence-corrected chi connectivity index (χ1v) is 7.24. The van der Waals surface area contributed by atoms with Gasteiger partial charge in [0.2, 0.25) is 0 Å². The molecule has 0 fully saturated rings. The molecule has 0 radical (unpaired) electrons. The zero-order valence-electron chi connectivity index (χ0n) is 12.8. The highest BCUT2D eigenvalue weighted by Crippen LogP contribution is 2.22. The standard InChI is InChI=1S/C18H19N3O/c1-14-12-15(8-9-18(14)22-2)13-19-16-6-3-4-7-17(16)21-11-5-10-20-21/h3-12,19H,13H2,1-2H3. The molecular formula is C18H19N3O. The van der Waals surface area contributed by atoms with Crippen molar-refractivity contribution in [3.8, 4) is 11.4 Å². The van der Waals surface area contributed by atoms with Crippen LogP contribution in [0, 0.1) is 6.92 Å². The quantitative estimate of drug-likeness (QED) is 0.777. The van der Waals surface area contributed by atoms with E-state index in [2.05, 4.69) is 41.6 Å². The van der Waals surface area contributed by atoms with Gasteiger partial charge in [0.15, 0.2) is 0 Å². The smallest absolute Gasteiger partial charge is 0.121 e. The van der Waals surface area contributed by atoms with E-state index < -0.39 is 0 Å². The van der Waals surface area contributed by atoms with Crippen molar-refractivity contribution in [1.82, 2.24) is 9.78 Å². The largest absolute Gasteiger partial charge is 0.496 e. The molecule has 0 saturated heterocycles. The number of anilines is 1. The first kappa shape index (κ1) is 14.2. The Hall–Kier alpha value is -2.75. The van der Waals surface area contributed by atoms with Crippen LogP contribution in [0.25, 0.3) is 5.69 Å². The molecule has 1 heterocycles. The molecule has 0 bridgehead atoms. The third-order valence-electron chi connectivity index (χ3n) is 3.60. The topological polar surface area (TPSA) is 39.1 Å². The van der Waals surface area contributed by atoms with Gasteiger partial charge < -0.3 is 10.1 Å². The van der Waals surface area contributed by atoms with Crippen LogP contribution < -0.4 is 10.1 Å². The molecule has 2 aromatic carbocycles. The van der Waals surface area contributed by atoms with Crippen LogP contribution >= 0.6 is 0 Å². The molecule has 1 aromatic heterocycles. The summed E-state index contributed by atoms with van der Waals surface area (Å²) in [6, 6.07) is 16.3. The van der Waals surface area contributed by atoms with Crippen LogP contribution in [0.15, 0.2) is 60.9 Å². The van der Waals surface area contributed by atoms with Crippen LogP contribution in [-0.4, -0.2) is 16.9 Å². The Labute approximate surface area is 130 Å². The summed E-state index contributed by atoms with van der Waals surface area (Å²) < 4.78 is 7.16. The molecule has 0 spiro atoms. The lowest BCUT2D eigenvalue weighted by Gasteiger charge is -2.13. The number of ether oxygens (including phenoxy) is 1. The third kappa shape index (κ3) is 2.96. The number of methoxy groups -OCH3 is 1. The first-order valence-electron chi connectivity index (χ1n) is 7.24. The molecule has 0 unspecified atom stereocenters. The Bertz CT molecular complexity index is 751. The number of para-hydroxylation sites is 2. The van der Waals surface area contributed by atoms with Crippen LogP contribution in [0.2, 0.25) is 0 Å². The first-order chi connectivity index (χ1) is 10.8. The number of rotatable bonds is 5. The molecule has 0 atom stereocenters. The predicted octanol–water partition coefficient (Wildman–Crippen LogP) is 3.80. The highest BCUT2D eigenvalue weighted by atomic mass is 16.5. The number of aryl methyl sites for hydroxylation is 1. The van der Waals surface area contributed by atoms with Crippen molar-refractivity contribution >= 4 is 5.69 Å². The van der Waals surface area contributed by atoms with E-state index in [-0.39, 0.29) is 0 Å². The van der Waals surface area contributed by atoms with E-state index in [1.165, 1.54) is 5.56 Å². The molecule has 0 amide bonds. The van der Waals surface area contributed by atoms with Gasteiger partial charge in [0.05, 0.1) is 18.5 Å². The summed E-state index contributed by atoms with van der Waals surface area (Å²) in [5.41, 5.74) is 4.45. The summed E-state index contributed by atoms with van der Waals surface area (Å²) in [4.78, 5) is 0. The van der Waals surface area contributed by atoms with Crippen molar-refractivity contribution in [3.63, 3.8) is 0 Å². The normalized spacial score (nSPS) is 10.5. The summed E-state index contributed by atoms with van der Waals surface area (Å²) in [7, 11) is 1.70. The zero-order valence-corrected chi connectivity index (χ0v) is 12.8. The van der Waals surface area contributed by atoms with Gasteiger partial charge in [-0.3, -0.25) is 0 Å². The summed E-state index contributed by atoms with van der Waals surface area (Å²) >= 11 is 0. The molecule has 4 nitrogen and oxygen atoms in total. The van der Waals surface area contributed by atoms with Crippen molar-refractivity contribution in [1.29, 1.82) is 0 Å². The van der Waals surface area contributed by atoms with Gasteiger partial charge >= 0.3 is 0 Å². The van der Waals surface area contributed by atoms with E-state index in [0.29, 0.717) is 0 Å². The molecule has 3 aromatic rings. The predicted molar refractivity (Wildman–Crippen MR) is 88.6 cm³/mol. The Balaban J connectivity index is 1.79. The highest BCUT2D eigenvalue weighted by molar-refractivity contribution is 5.60. The molecule has 112 valence electrons. The number of aromatic nitrogens is 2. The van der Waals surface area contributed by atoms with Gasteiger partial charge in [-0.2, -0.15) is 5.10 Å². The molecule has 4 heteroatoms. The van der Waals surface area contributed by atoms with E-state index in [4.69, 9.17) is 4.74 Å². The minimum atomic E-state index is 0.753. The van der Waals surface area contributed by atoms with Crippen molar-refractivity contribution in [2.24, 2.45) is 0 Å². The van der Waals surface area contributed by atoms with Crippen LogP contribution in [0.1, 0.15) is 11.1 Å². The number of hydrogen-bond acceptors (Lipinski definition) is 3. The maximum Gasteiger partial charge on any atom is 0.121 e. The van der Waals surface area contributed by atoms with Crippen molar-refractivity contribution in [3.05, 3.63) is 72.1 Å². The zero-order chi connectivity index (χ0) is 15.4. The fourth-order valence-electron chi connectivity index (χ4n) is 2.48. The molecule has 0 aliphatic rings. The van der Waals surface area contributed by atoms with Crippen molar-refractivity contribution in [2.75, 3.05) is 12.4 Å². The lowest BCUT2D eigenvalue weighted by molar-refractivity contribution is 0.411. The third-order valence-corrected chi connectivity index (χ3v) is 3.60. The van der Waals surface area contributed by atoms with E-state index in [1.54, 1.807) is 13.3 Å². The van der Waals surface area contributed by atoms with Crippen LogP contribution in [0.4, 0.5) is 5.69 Å². The SMILES string of the molecule is COc1ccc(CNc2ccccc2-n2cccn2)cc1C. The minimum Gasteiger partial charge on any atom is -0.496 e. The fourth-order valence-corrected chi connectivity index (χ4v) is 2.48. The van der Waals surface area contributed by atoms with Gasteiger partial charge in [0.25, 0.3) is 0 Å². The Morgan fingerprint density at radius 3 is 2.73 bits per heavy atom. The average Bonchev–Trinajstić information content (AvgIpc) is 3.07. The lowest BCUT2D eigenvalue weighted by Crippen LogP contribution is -2.05. The molecule has 0 aliphatic carbocycles. The molecule has 22 heavy (non-hydrogen) atoms. The van der Waals surface area contributed by atoms with E-state index in [9.17, 15) is 0 Å². The Morgan fingerprint density at radius 2 is 2.00 bits per heavy atom. The van der Waals surface area contributed by atoms with E-state index in [1.807, 2.05) is 35.1 Å². The number of benzene rings is 2. The van der Waals surface area contributed by atoms with Gasteiger partial charge in [0, 0.05) is 18.9 Å². The number of hydrogen-bond donors (Lipinski definition) is 1. The summed E-state index contributed by atoms with van der Waals surface area (Å²) in [6.45, 7) is 2.81. The van der Waals surface area contributed by atoms with Gasteiger partial charge in [-0.1, -0.05) is 24.3 Å². The second kappa shape index (κ2) is 6.35. The Morgan fingerprint density at radius 1 is 1.14 bits per heavy atom. The maximum atomic E-state index is 5.30. The molecule has 1 N–H and O–H groups in total. The van der Waals surface area contributed by atoms with Gasteiger partial charge in [0.1, 0.15) is 5.75 Å². The summed E-state index contributed by atoms with van der Waals surface area (Å²) in [5, 5.41) is 7.78. The second-order valence-corrected chi connectivity index (χ2v) is 5.13. The monoisotopic (exact) mass is 293 g/mol. The molecule has 0 aliphatic heterocycles. The van der Waals surface area contributed by atoms with Crippen molar-refractivity contribution < 1.29 is 4.74 Å². The molecular weight excluding hydrogens is 274 g/mol. The van der Waals surface area contributed by atoms with Crippen LogP contribution in [0.3, 0.4) is 0 Å². The second-order valence-electron chi connectivity index (χ2n) is 5.13. The molecule has 3 rings (SSSR count). The average molecular weight is 293 g/mol. The van der Waals surface area contributed by atoms with Gasteiger partial charge in [-0.05, 0) is 42.3 Å². The fraction of sp³-hybridized carbons (Fsp3) is 0.167. The molecule has 0 saturated carbocycles. The maximum absolute atomic E-state index is 5.30. The van der Waals surface area contributed by atoms with Gasteiger partial charge in [-0.25, -0.2) is 4.68 Å². The summed E-state index contributed by atoms with van der Waals surface area (Å²) in [5.74, 6) is 0.917. The lowest BCUT2D eigenvalue weighted by atomic mass is 10.1. The number of nitrogens with zero attached hydrogens (tertiary/aromatic N) is 2. The van der Waals surface area contributed by atoms with Gasteiger partial charge in [-0.15, -0.1) is 0 Å². The van der Waals surface area contributed by atoms with E-state index in [0.717, 1.165) is 29.2 Å². The highest BCUT2D eigenvalue weighted by Gasteiger charge is 2.05. The van der Waals surface area contributed by atoms with E-state index >= 15 is 0 Å². The van der Waals surface area contributed by atoms with Crippen LogP contribution in [0.5, 0.6) is 5.75 Å². The Kier molecular flexibility index (Phi) is 4.10. The summed E-state index contributed by atoms with van der Waals surface area (Å²) in [6.07, 6.45) is 3.72.